The van der Waals surface area contributed by atoms with Gasteiger partial charge < -0.3 is 15.6 Å². The molecule has 0 bridgehead atoms. The fourth-order valence-electron chi connectivity index (χ4n) is 3.39. The number of benzene rings is 2. The summed E-state index contributed by atoms with van der Waals surface area (Å²) < 4.78 is 34.9. The van der Waals surface area contributed by atoms with Crippen molar-refractivity contribution in [1.29, 1.82) is 0 Å². The molecule has 7 nitrogen and oxygen atoms in total. The molecule has 1 saturated carbocycles. The van der Waals surface area contributed by atoms with Gasteiger partial charge in [0.15, 0.2) is 11.6 Å². The number of nitrogens with two attached hydrogens (primary N) is 1. The first kappa shape index (κ1) is 20.0. The van der Waals surface area contributed by atoms with Crippen LogP contribution in [0, 0.1) is 0 Å². The van der Waals surface area contributed by atoms with Crippen LogP contribution >= 0.6 is 0 Å². The van der Waals surface area contributed by atoms with Crippen LogP contribution in [0.1, 0.15) is 51.1 Å². The molecule has 0 radical (unpaired) electrons. The minimum atomic E-state index is -4.91. The van der Waals surface area contributed by atoms with Gasteiger partial charge in [0.05, 0.1) is 21.7 Å². The number of carbonyl (C=O) groups is 2. The van der Waals surface area contributed by atoms with E-state index in [0.717, 1.165) is 25.3 Å². The Bertz CT molecular complexity index is 1080. The van der Waals surface area contributed by atoms with Gasteiger partial charge in [0.25, 0.3) is 0 Å². The number of nitrogens with one attached hydrogen (secondary N) is 1. The van der Waals surface area contributed by atoms with Gasteiger partial charge in [0, 0.05) is 22.9 Å². The average molecular weight is 394 g/mol. The first-order valence-electron chi connectivity index (χ1n) is 8.16. The van der Waals surface area contributed by atoms with Crippen LogP contribution in [0.4, 0.5) is 11.4 Å². The average Bonchev–Trinajstić information content (AvgIpc) is 2.55. The zero-order valence-corrected chi connectivity index (χ0v) is 17.4. The van der Waals surface area contributed by atoms with Crippen LogP contribution in [-0.2, 0) is 10.1 Å². The summed E-state index contributed by atoms with van der Waals surface area (Å²) >= 11 is 0. The van der Waals surface area contributed by atoms with E-state index >= 15 is 0 Å². The van der Waals surface area contributed by atoms with Gasteiger partial charge in [0.2, 0.25) is 0 Å². The molecule has 0 heterocycles. The molecule has 27 heavy (non-hydrogen) atoms. The summed E-state index contributed by atoms with van der Waals surface area (Å²) in [7, 11) is -4.91. The number of rotatable bonds is 3. The number of anilines is 2. The molecule has 0 aromatic heterocycles. The van der Waals surface area contributed by atoms with Crippen molar-refractivity contribution >= 4 is 33.1 Å². The van der Waals surface area contributed by atoms with Gasteiger partial charge in [-0.3, -0.25) is 9.59 Å². The van der Waals surface area contributed by atoms with Crippen molar-refractivity contribution in [3.63, 3.8) is 0 Å². The summed E-state index contributed by atoms with van der Waals surface area (Å²) in [4.78, 5) is 25.2. The Kier molecular flexibility index (Phi) is 5.22. The molecule has 0 spiro atoms. The van der Waals surface area contributed by atoms with E-state index in [4.69, 9.17) is 5.73 Å². The summed E-state index contributed by atoms with van der Waals surface area (Å²) in [5.74, 6) is -0.978. The fraction of sp³-hybridized carbons (Fsp3) is 0.222. The number of carbonyl (C=O) groups excluding carboxylic acids is 2. The zero-order valence-electron chi connectivity index (χ0n) is 14.6. The molecule has 2 aliphatic carbocycles. The van der Waals surface area contributed by atoms with Crippen molar-refractivity contribution in [2.45, 2.75) is 30.2 Å². The van der Waals surface area contributed by atoms with Gasteiger partial charge >= 0.3 is 29.6 Å². The van der Waals surface area contributed by atoms with E-state index in [1.807, 2.05) is 0 Å². The fourth-order valence-corrected chi connectivity index (χ4v) is 4.02. The van der Waals surface area contributed by atoms with Crippen LogP contribution < -0.4 is 40.6 Å². The maximum absolute atomic E-state index is 13.0. The van der Waals surface area contributed by atoms with Crippen LogP contribution in [0.25, 0.3) is 0 Å². The zero-order chi connectivity index (χ0) is 18.6. The number of fused-ring (bicyclic) bond motifs is 2. The van der Waals surface area contributed by atoms with Crippen molar-refractivity contribution in [2.24, 2.45) is 0 Å². The van der Waals surface area contributed by atoms with E-state index in [-0.39, 0.29) is 63.5 Å². The van der Waals surface area contributed by atoms with Crippen molar-refractivity contribution in [3.8, 4) is 0 Å². The van der Waals surface area contributed by atoms with Gasteiger partial charge in [-0.15, -0.1) is 0 Å². The standard InChI is InChI=1S/C18H16N2O5S.Na/c19-16-13(26(23,24)25)8-12(20-9-4-3-5-9)14-15(16)18(22)11-7-2-1-6-10(11)17(14)21;/h1-2,6-9,20H,3-5,19H2,(H,23,24,25);/q;+1/p-1. The molecule has 2 aliphatic rings. The predicted molar refractivity (Wildman–Crippen MR) is 93.4 cm³/mol. The number of nitrogen functional groups attached to an aromatic ring is 1. The number of hydrogen-bond acceptors (Lipinski definition) is 7. The van der Waals surface area contributed by atoms with Gasteiger partial charge in [0.1, 0.15) is 10.1 Å². The maximum atomic E-state index is 13.0. The molecular formula is C18H15N2NaO5S. The Morgan fingerprint density at radius 3 is 2.07 bits per heavy atom. The monoisotopic (exact) mass is 394 g/mol. The predicted octanol–water partition coefficient (Wildman–Crippen LogP) is -1.08. The van der Waals surface area contributed by atoms with Gasteiger partial charge in [-0.2, -0.15) is 0 Å². The molecule has 4 rings (SSSR count). The number of hydrogen-bond donors (Lipinski definition) is 2. The first-order valence-corrected chi connectivity index (χ1v) is 9.57. The molecule has 0 unspecified atom stereocenters. The molecule has 0 aliphatic heterocycles. The van der Waals surface area contributed by atoms with Crippen molar-refractivity contribution in [2.75, 3.05) is 11.1 Å². The molecule has 2 aromatic rings. The van der Waals surface area contributed by atoms with Crippen LogP contribution in [0.5, 0.6) is 0 Å². The summed E-state index contributed by atoms with van der Waals surface area (Å²) in [6.07, 6.45) is 2.73. The van der Waals surface area contributed by atoms with Crippen molar-refractivity contribution < 1.29 is 52.1 Å². The second kappa shape index (κ2) is 7.03. The first-order chi connectivity index (χ1) is 12.3. The van der Waals surface area contributed by atoms with Crippen LogP contribution in [0.3, 0.4) is 0 Å². The van der Waals surface area contributed by atoms with E-state index in [1.165, 1.54) is 6.07 Å². The summed E-state index contributed by atoms with van der Waals surface area (Å²) in [5, 5.41) is 3.10. The summed E-state index contributed by atoms with van der Waals surface area (Å²) in [5.41, 5.74) is 5.76. The molecule has 134 valence electrons. The third-order valence-electron chi connectivity index (χ3n) is 4.93. The Morgan fingerprint density at radius 1 is 1.04 bits per heavy atom. The maximum Gasteiger partial charge on any atom is 1.00 e. The van der Waals surface area contributed by atoms with Gasteiger partial charge in [-0.05, 0) is 25.3 Å². The van der Waals surface area contributed by atoms with E-state index < -0.39 is 32.3 Å². The minimum Gasteiger partial charge on any atom is -0.744 e. The second-order valence-corrected chi connectivity index (χ2v) is 7.86. The van der Waals surface area contributed by atoms with Gasteiger partial charge in [-0.1, -0.05) is 24.3 Å². The molecule has 9 heteroatoms. The minimum absolute atomic E-state index is 0. The van der Waals surface area contributed by atoms with Gasteiger partial charge in [-0.25, -0.2) is 8.42 Å². The molecular weight excluding hydrogens is 379 g/mol. The van der Waals surface area contributed by atoms with Crippen LogP contribution in [0.15, 0.2) is 35.2 Å². The normalized spacial score (nSPS) is 16.0. The third-order valence-corrected chi connectivity index (χ3v) is 5.81. The molecule has 0 amide bonds. The van der Waals surface area contributed by atoms with E-state index in [9.17, 15) is 22.6 Å². The molecule has 3 N–H and O–H groups in total. The van der Waals surface area contributed by atoms with E-state index in [1.54, 1.807) is 18.2 Å². The third kappa shape index (κ3) is 3.21. The number of ketones is 2. The van der Waals surface area contributed by atoms with Crippen molar-refractivity contribution in [1.82, 2.24) is 0 Å². The Morgan fingerprint density at radius 2 is 1.59 bits per heavy atom. The molecule has 2 aromatic carbocycles. The van der Waals surface area contributed by atoms with Crippen LogP contribution in [-0.4, -0.2) is 30.6 Å². The van der Waals surface area contributed by atoms with Crippen LogP contribution in [0.2, 0.25) is 0 Å². The molecule has 0 atom stereocenters. The largest absolute Gasteiger partial charge is 1.00 e. The Hall–Kier alpha value is -1.71. The summed E-state index contributed by atoms with van der Waals surface area (Å²) in [6, 6.07) is 7.41. The topological polar surface area (TPSA) is 129 Å². The Labute approximate surface area is 178 Å². The van der Waals surface area contributed by atoms with Crippen molar-refractivity contribution in [3.05, 3.63) is 52.6 Å². The summed E-state index contributed by atoms with van der Waals surface area (Å²) in [6.45, 7) is 0. The quantitative estimate of drug-likeness (QED) is 0.328. The molecule has 1 fully saturated rings. The van der Waals surface area contributed by atoms with E-state index in [0.29, 0.717) is 0 Å². The SMILES string of the molecule is Nc1c(S(=O)(=O)[O-])cc(NC2CCC2)c2c1C(=O)c1ccccc1C2=O.[Na+]. The van der Waals surface area contributed by atoms with E-state index in [2.05, 4.69) is 5.32 Å². The second-order valence-electron chi connectivity index (χ2n) is 6.52. The Balaban J connectivity index is 0.00000210. The smallest absolute Gasteiger partial charge is 0.744 e. The molecule has 0 saturated heterocycles.